The van der Waals surface area contributed by atoms with Crippen molar-refractivity contribution in [1.82, 2.24) is 0 Å². The third kappa shape index (κ3) is 1.55. The smallest absolute Gasteiger partial charge is 0.137 e. The van der Waals surface area contributed by atoms with Crippen molar-refractivity contribution in [1.29, 1.82) is 0 Å². The lowest BCUT2D eigenvalue weighted by Gasteiger charge is -2.03. The first-order valence-corrected chi connectivity index (χ1v) is 6.15. The third-order valence-electron chi connectivity index (χ3n) is 2.17. The van der Waals surface area contributed by atoms with Crippen LogP contribution >= 0.6 is 27.3 Å². The summed E-state index contributed by atoms with van der Waals surface area (Å²) < 4.78 is 8.01. The van der Waals surface area contributed by atoms with E-state index in [2.05, 4.69) is 28.9 Å². The molecule has 0 saturated carbocycles. The van der Waals surface area contributed by atoms with Crippen molar-refractivity contribution in [3.05, 3.63) is 27.5 Å². The molecule has 2 aromatic rings. The summed E-state index contributed by atoms with van der Waals surface area (Å²) in [6.07, 6.45) is 0. The summed E-state index contributed by atoms with van der Waals surface area (Å²) in [7, 11) is 0. The molecule has 0 unspecified atom stereocenters. The van der Waals surface area contributed by atoms with Crippen molar-refractivity contribution < 1.29 is 4.74 Å². The molecule has 0 amide bonds. The summed E-state index contributed by atoms with van der Waals surface area (Å²) in [5, 5.41) is 1.29. The minimum Gasteiger partial charge on any atom is -0.492 e. The monoisotopic (exact) mass is 270 g/mol. The van der Waals surface area contributed by atoms with E-state index in [-0.39, 0.29) is 0 Å². The molecule has 0 radical (unpaired) electrons. The van der Waals surface area contributed by atoms with E-state index in [1.165, 1.54) is 19.4 Å². The summed E-state index contributed by atoms with van der Waals surface area (Å²) in [5.41, 5.74) is 1.30. The van der Waals surface area contributed by atoms with Crippen LogP contribution in [0.4, 0.5) is 0 Å². The Morgan fingerprint density at radius 1 is 1.43 bits per heavy atom. The van der Waals surface area contributed by atoms with E-state index in [1.54, 1.807) is 11.3 Å². The maximum absolute atomic E-state index is 5.58. The van der Waals surface area contributed by atoms with E-state index in [9.17, 15) is 0 Å². The van der Waals surface area contributed by atoms with Gasteiger partial charge in [-0.05, 0) is 41.4 Å². The van der Waals surface area contributed by atoms with Crippen molar-refractivity contribution in [3.8, 4) is 5.75 Å². The molecule has 0 N–H and O–H groups in total. The molecule has 0 atom stereocenters. The number of hydrogen-bond donors (Lipinski definition) is 0. The average Bonchev–Trinajstić information content (AvgIpc) is 2.46. The molecule has 0 aliphatic rings. The lowest BCUT2D eigenvalue weighted by molar-refractivity contribution is 0.345. The number of halogens is 1. The van der Waals surface area contributed by atoms with E-state index < -0.39 is 0 Å². The highest BCUT2D eigenvalue weighted by Gasteiger charge is 2.09. The Hall–Kier alpha value is -0.540. The zero-order chi connectivity index (χ0) is 10.1. The van der Waals surface area contributed by atoms with Crippen LogP contribution in [0, 0.1) is 6.92 Å². The largest absolute Gasteiger partial charge is 0.492 e. The van der Waals surface area contributed by atoms with Crippen LogP contribution in [0.25, 0.3) is 10.1 Å². The lowest BCUT2D eigenvalue weighted by Crippen LogP contribution is -1.90. The first-order valence-electron chi connectivity index (χ1n) is 4.54. The molecular weight excluding hydrogens is 260 g/mol. The minimum absolute atomic E-state index is 0.716. The lowest BCUT2D eigenvalue weighted by atomic mass is 10.2. The Kier molecular flexibility index (Phi) is 2.79. The molecule has 3 heteroatoms. The molecule has 0 bridgehead atoms. The molecule has 0 saturated heterocycles. The van der Waals surface area contributed by atoms with Crippen LogP contribution in [0.5, 0.6) is 5.75 Å². The number of aryl methyl sites for hydroxylation is 1. The Balaban J connectivity index is 2.68. The maximum atomic E-state index is 5.58. The molecule has 0 aliphatic carbocycles. The quantitative estimate of drug-likeness (QED) is 0.788. The van der Waals surface area contributed by atoms with Crippen molar-refractivity contribution in [2.75, 3.05) is 6.61 Å². The Bertz CT molecular complexity index is 462. The highest BCUT2D eigenvalue weighted by Crippen LogP contribution is 2.39. The van der Waals surface area contributed by atoms with Crippen LogP contribution < -0.4 is 4.74 Å². The number of thiophene rings is 1. The van der Waals surface area contributed by atoms with E-state index in [4.69, 9.17) is 4.74 Å². The van der Waals surface area contributed by atoms with Crippen LogP contribution in [0.3, 0.4) is 0 Å². The average molecular weight is 271 g/mol. The summed E-state index contributed by atoms with van der Waals surface area (Å²) >= 11 is 5.29. The van der Waals surface area contributed by atoms with Gasteiger partial charge in [-0.1, -0.05) is 12.1 Å². The number of hydrogen-bond acceptors (Lipinski definition) is 2. The van der Waals surface area contributed by atoms with E-state index >= 15 is 0 Å². The maximum Gasteiger partial charge on any atom is 0.137 e. The summed E-state index contributed by atoms with van der Waals surface area (Å²) in [4.78, 5) is 0. The van der Waals surface area contributed by atoms with Crippen LogP contribution in [0.1, 0.15) is 12.5 Å². The number of ether oxygens (including phenoxy) is 1. The zero-order valence-electron chi connectivity index (χ0n) is 8.13. The summed E-state index contributed by atoms with van der Waals surface area (Å²) in [6.45, 7) is 4.85. The van der Waals surface area contributed by atoms with Crippen LogP contribution in [0.15, 0.2) is 22.0 Å². The van der Waals surface area contributed by atoms with Gasteiger partial charge in [0.2, 0.25) is 0 Å². The molecule has 1 nitrogen and oxygen atoms in total. The van der Waals surface area contributed by atoms with Gasteiger partial charge in [0, 0.05) is 5.39 Å². The van der Waals surface area contributed by atoms with Gasteiger partial charge in [-0.15, -0.1) is 11.3 Å². The van der Waals surface area contributed by atoms with Gasteiger partial charge in [-0.25, -0.2) is 0 Å². The Labute approximate surface area is 95.8 Å². The second-order valence-electron chi connectivity index (χ2n) is 3.07. The highest BCUT2D eigenvalue weighted by molar-refractivity contribution is 9.11. The molecular formula is C11H11BrOS. The van der Waals surface area contributed by atoms with Gasteiger partial charge in [-0.3, -0.25) is 0 Å². The Morgan fingerprint density at radius 2 is 2.21 bits per heavy atom. The predicted molar refractivity (Wildman–Crippen MR) is 65.4 cm³/mol. The SMILES string of the molecule is CCOc1cccc2c(C)c(Br)sc12. The van der Waals surface area contributed by atoms with Gasteiger partial charge >= 0.3 is 0 Å². The number of benzene rings is 1. The van der Waals surface area contributed by atoms with Gasteiger partial charge in [0.05, 0.1) is 15.1 Å². The van der Waals surface area contributed by atoms with E-state index in [0.717, 1.165) is 5.75 Å². The zero-order valence-corrected chi connectivity index (χ0v) is 10.5. The molecule has 0 spiro atoms. The highest BCUT2D eigenvalue weighted by atomic mass is 79.9. The van der Waals surface area contributed by atoms with Gasteiger partial charge in [-0.2, -0.15) is 0 Å². The van der Waals surface area contributed by atoms with Gasteiger partial charge < -0.3 is 4.74 Å². The minimum atomic E-state index is 0.716. The molecule has 14 heavy (non-hydrogen) atoms. The third-order valence-corrected chi connectivity index (χ3v) is 4.36. The fraction of sp³-hybridized carbons (Fsp3) is 0.273. The van der Waals surface area contributed by atoms with E-state index in [1.807, 2.05) is 19.1 Å². The second kappa shape index (κ2) is 3.91. The molecule has 0 aliphatic heterocycles. The van der Waals surface area contributed by atoms with Crippen molar-refractivity contribution in [3.63, 3.8) is 0 Å². The predicted octanol–water partition coefficient (Wildman–Crippen LogP) is 4.37. The van der Waals surface area contributed by atoms with Crippen molar-refractivity contribution in [2.45, 2.75) is 13.8 Å². The standard InChI is InChI=1S/C11H11BrOS/c1-3-13-9-6-4-5-8-7(2)11(12)14-10(8)9/h4-6H,3H2,1-2H3. The molecule has 1 heterocycles. The van der Waals surface area contributed by atoms with Crippen LogP contribution in [-0.4, -0.2) is 6.61 Å². The first kappa shape index (κ1) is 9.99. The van der Waals surface area contributed by atoms with Crippen molar-refractivity contribution >= 4 is 37.4 Å². The summed E-state index contributed by atoms with van der Waals surface area (Å²) in [5.74, 6) is 0.990. The number of fused-ring (bicyclic) bond motifs is 1. The van der Waals surface area contributed by atoms with Crippen molar-refractivity contribution in [2.24, 2.45) is 0 Å². The van der Waals surface area contributed by atoms with Crippen LogP contribution in [-0.2, 0) is 0 Å². The van der Waals surface area contributed by atoms with E-state index in [0.29, 0.717) is 6.61 Å². The molecule has 1 aromatic carbocycles. The topological polar surface area (TPSA) is 9.23 Å². The van der Waals surface area contributed by atoms with Gasteiger partial charge in [0.15, 0.2) is 0 Å². The number of rotatable bonds is 2. The fourth-order valence-electron chi connectivity index (χ4n) is 1.46. The molecule has 1 aromatic heterocycles. The molecule has 74 valence electrons. The normalized spacial score (nSPS) is 10.8. The molecule has 2 rings (SSSR count). The first-order chi connectivity index (χ1) is 6.74. The Morgan fingerprint density at radius 3 is 2.93 bits per heavy atom. The van der Waals surface area contributed by atoms with Gasteiger partial charge in [0.1, 0.15) is 5.75 Å². The van der Waals surface area contributed by atoms with Gasteiger partial charge in [0.25, 0.3) is 0 Å². The van der Waals surface area contributed by atoms with Crippen LogP contribution in [0.2, 0.25) is 0 Å². The summed E-state index contributed by atoms with van der Waals surface area (Å²) in [6, 6.07) is 6.20. The fourth-order valence-corrected chi connectivity index (χ4v) is 3.16. The second-order valence-corrected chi connectivity index (χ2v) is 5.41. The molecule has 0 fully saturated rings.